The molecule has 0 radical (unpaired) electrons. The highest BCUT2D eigenvalue weighted by atomic mass is 16.5. The van der Waals surface area contributed by atoms with E-state index in [2.05, 4.69) is 26.8 Å². The van der Waals surface area contributed by atoms with Gasteiger partial charge in [0.2, 0.25) is 0 Å². The van der Waals surface area contributed by atoms with E-state index in [-0.39, 0.29) is 5.60 Å². The van der Waals surface area contributed by atoms with Crippen LogP contribution in [0.3, 0.4) is 0 Å². The zero-order valence-electron chi connectivity index (χ0n) is 7.48. The van der Waals surface area contributed by atoms with E-state index in [0.717, 1.165) is 13.0 Å². The Kier molecular flexibility index (Phi) is 4.37. The van der Waals surface area contributed by atoms with Gasteiger partial charge in [-0.05, 0) is 34.1 Å². The number of ether oxygens (including phenoxy) is 1. The molecule has 10 heavy (non-hydrogen) atoms. The highest BCUT2D eigenvalue weighted by molar-refractivity contribution is 4.76. The second-order valence-electron chi connectivity index (χ2n) is 3.32. The van der Waals surface area contributed by atoms with Crippen molar-refractivity contribution in [1.29, 1.82) is 0 Å². The molecular formula is C9H18O. The van der Waals surface area contributed by atoms with Crippen molar-refractivity contribution in [1.82, 2.24) is 0 Å². The first-order valence-electron chi connectivity index (χ1n) is 3.81. The fourth-order valence-electron chi connectivity index (χ4n) is 0.600. The zero-order chi connectivity index (χ0) is 8.04. The maximum Gasteiger partial charge on any atom is 0.0598 e. The van der Waals surface area contributed by atoms with Crippen LogP contribution in [-0.2, 0) is 4.74 Å². The lowest BCUT2D eigenvalue weighted by Crippen LogP contribution is -2.19. The molecule has 0 heterocycles. The first kappa shape index (κ1) is 9.70. The fraction of sp³-hybridized carbons (Fsp3) is 0.778. The molecule has 0 fully saturated rings. The van der Waals surface area contributed by atoms with Gasteiger partial charge in [0, 0.05) is 0 Å². The van der Waals surface area contributed by atoms with Gasteiger partial charge in [-0.2, -0.15) is 0 Å². The van der Waals surface area contributed by atoms with Crippen molar-refractivity contribution in [2.75, 3.05) is 6.61 Å². The van der Waals surface area contributed by atoms with Gasteiger partial charge in [0.05, 0.1) is 12.2 Å². The maximum absolute atomic E-state index is 5.48. The van der Waals surface area contributed by atoms with E-state index in [1.165, 1.54) is 0 Å². The summed E-state index contributed by atoms with van der Waals surface area (Å²) in [4.78, 5) is 0. The molecule has 0 N–H and O–H groups in total. The molecule has 0 unspecified atom stereocenters. The standard InChI is InChI=1S/C9H18O/c1-5-6-7-8-10-9(2,3)4/h5-6H,7-8H2,1-4H3. The van der Waals surface area contributed by atoms with Gasteiger partial charge >= 0.3 is 0 Å². The number of rotatable bonds is 3. The Morgan fingerprint density at radius 2 is 1.90 bits per heavy atom. The molecule has 0 amide bonds. The lowest BCUT2D eigenvalue weighted by atomic mass is 10.2. The molecular weight excluding hydrogens is 124 g/mol. The van der Waals surface area contributed by atoms with Crippen LogP contribution in [0.25, 0.3) is 0 Å². The van der Waals surface area contributed by atoms with E-state index in [0.29, 0.717) is 0 Å². The quantitative estimate of drug-likeness (QED) is 0.435. The van der Waals surface area contributed by atoms with Crippen LogP contribution >= 0.6 is 0 Å². The fourth-order valence-corrected chi connectivity index (χ4v) is 0.600. The molecule has 0 aliphatic carbocycles. The van der Waals surface area contributed by atoms with Crippen molar-refractivity contribution in [2.24, 2.45) is 0 Å². The molecule has 0 atom stereocenters. The third kappa shape index (κ3) is 7.70. The lowest BCUT2D eigenvalue weighted by molar-refractivity contribution is -0.000115. The molecule has 0 bridgehead atoms. The summed E-state index contributed by atoms with van der Waals surface area (Å²) in [5.74, 6) is 0. The van der Waals surface area contributed by atoms with Gasteiger partial charge in [-0.1, -0.05) is 12.2 Å². The number of hydrogen-bond donors (Lipinski definition) is 0. The van der Waals surface area contributed by atoms with Gasteiger partial charge < -0.3 is 4.74 Å². The molecule has 1 nitrogen and oxygen atoms in total. The lowest BCUT2D eigenvalue weighted by Gasteiger charge is -2.18. The minimum absolute atomic E-state index is 0.0155. The van der Waals surface area contributed by atoms with Crippen LogP contribution in [-0.4, -0.2) is 12.2 Å². The average Bonchev–Trinajstić information content (AvgIpc) is 1.78. The summed E-state index contributed by atoms with van der Waals surface area (Å²) in [7, 11) is 0. The Morgan fingerprint density at radius 1 is 1.30 bits per heavy atom. The monoisotopic (exact) mass is 142 g/mol. The molecule has 0 aromatic carbocycles. The van der Waals surface area contributed by atoms with Gasteiger partial charge in [0.25, 0.3) is 0 Å². The van der Waals surface area contributed by atoms with E-state index in [1.54, 1.807) is 0 Å². The minimum Gasteiger partial charge on any atom is -0.376 e. The summed E-state index contributed by atoms with van der Waals surface area (Å²) in [5, 5.41) is 0. The van der Waals surface area contributed by atoms with Crippen LogP contribution in [0.4, 0.5) is 0 Å². The molecule has 0 saturated heterocycles. The van der Waals surface area contributed by atoms with Crippen LogP contribution in [0.1, 0.15) is 34.1 Å². The van der Waals surface area contributed by atoms with Crippen molar-refractivity contribution in [3.05, 3.63) is 12.2 Å². The maximum atomic E-state index is 5.48. The zero-order valence-corrected chi connectivity index (χ0v) is 7.48. The highest BCUT2D eigenvalue weighted by Crippen LogP contribution is 2.06. The van der Waals surface area contributed by atoms with Gasteiger partial charge in [-0.3, -0.25) is 0 Å². The molecule has 0 aromatic heterocycles. The van der Waals surface area contributed by atoms with Gasteiger partial charge in [-0.15, -0.1) is 0 Å². The molecule has 0 aliphatic heterocycles. The average molecular weight is 142 g/mol. The summed E-state index contributed by atoms with van der Waals surface area (Å²) < 4.78 is 5.48. The third-order valence-electron chi connectivity index (χ3n) is 1.06. The van der Waals surface area contributed by atoms with Crippen LogP contribution < -0.4 is 0 Å². The van der Waals surface area contributed by atoms with E-state index in [4.69, 9.17) is 4.74 Å². The van der Waals surface area contributed by atoms with Gasteiger partial charge in [0.15, 0.2) is 0 Å². The molecule has 0 aliphatic rings. The molecule has 0 spiro atoms. The topological polar surface area (TPSA) is 9.23 Å². The van der Waals surface area contributed by atoms with E-state index < -0.39 is 0 Å². The van der Waals surface area contributed by atoms with Crippen molar-refractivity contribution in [3.8, 4) is 0 Å². The summed E-state index contributed by atoms with van der Waals surface area (Å²) >= 11 is 0. The van der Waals surface area contributed by atoms with E-state index in [1.807, 2.05) is 13.0 Å². The summed E-state index contributed by atoms with van der Waals surface area (Å²) in [5.41, 5.74) is 0.0155. The smallest absolute Gasteiger partial charge is 0.0598 e. The first-order chi connectivity index (χ1) is 4.56. The normalized spacial score (nSPS) is 12.8. The van der Waals surface area contributed by atoms with E-state index >= 15 is 0 Å². The second kappa shape index (κ2) is 4.51. The van der Waals surface area contributed by atoms with Crippen LogP contribution in [0.5, 0.6) is 0 Å². The summed E-state index contributed by atoms with van der Waals surface area (Å²) in [6.07, 6.45) is 5.19. The molecule has 60 valence electrons. The number of allylic oxidation sites excluding steroid dienone is 1. The Hall–Kier alpha value is -0.300. The molecule has 0 saturated carbocycles. The van der Waals surface area contributed by atoms with Crippen molar-refractivity contribution in [2.45, 2.75) is 39.7 Å². The molecule has 0 rings (SSSR count). The van der Waals surface area contributed by atoms with E-state index in [9.17, 15) is 0 Å². The SMILES string of the molecule is CC=CCCOC(C)(C)C. The molecule has 0 aromatic rings. The first-order valence-corrected chi connectivity index (χ1v) is 3.81. The largest absolute Gasteiger partial charge is 0.376 e. The minimum atomic E-state index is 0.0155. The Balaban J connectivity index is 3.20. The Morgan fingerprint density at radius 3 is 2.30 bits per heavy atom. The summed E-state index contributed by atoms with van der Waals surface area (Å²) in [6.45, 7) is 9.07. The van der Waals surface area contributed by atoms with Crippen LogP contribution in [0.2, 0.25) is 0 Å². The van der Waals surface area contributed by atoms with Crippen LogP contribution in [0.15, 0.2) is 12.2 Å². The second-order valence-corrected chi connectivity index (χ2v) is 3.32. The van der Waals surface area contributed by atoms with Gasteiger partial charge in [0.1, 0.15) is 0 Å². The van der Waals surface area contributed by atoms with Crippen molar-refractivity contribution in [3.63, 3.8) is 0 Å². The summed E-state index contributed by atoms with van der Waals surface area (Å²) in [6, 6.07) is 0. The van der Waals surface area contributed by atoms with Crippen LogP contribution in [0, 0.1) is 0 Å². The highest BCUT2D eigenvalue weighted by Gasteiger charge is 2.07. The van der Waals surface area contributed by atoms with Crippen molar-refractivity contribution >= 4 is 0 Å². The van der Waals surface area contributed by atoms with Crippen molar-refractivity contribution < 1.29 is 4.74 Å². The Labute approximate surface area is 64.1 Å². The predicted octanol–water partition coefficient (Wildman–Crippen LogP) is 2.77. The Bertz CT molecular complexity index is 97.8. The van der Waals surface area contributed by atoms with Gasteiger partial charge in [-0.25, -0.2) is 0 Å². The molecule has 1 heteroatoms. The third-order valence-corrected chi connectivity index (χ3v) is 1.06. The predicted molar refractivity (Wildman–Crippen MR) is 45.1 cm³/mol. The number of hydrogen-bond acceptors (Lipinski definition) is 1.